The Morgan fingerprint density at radius 2 is 0.625 bits per heavy atom. The summed E-state index contributed by atoms with van der Waals surface area (Å²) in [5.41, 5.74) is 0. The molecule has 0 bridgehead atoms. The van der Waals surface area contributed by atoms with Crippen molar-refractivity contribution in [2.45, 2.75) is 187 Å². The zero-order valence-corrected chi connectivity index (χ0v) is 40.5. The van der Waals surface area contributed by atoms with E-state index in [9.17, 15) is 14.4 Å². The summed E-state index contributed by atoms with van der Waals surface area (Å²) in [6, 6.07) is 0. The third-order valence-electron chi connectivity index (χ3n) is 9.84. The first kappa shape index (κ1) is 59.3. The van der Waals surface area contributed by atoms with E-state index in [2.05, 4.69) is 87.6 Å². The van der Waals surface area contributed by atoms with Crippen LogP contribution in [0.25, 0.3) is 0 Å². The van der Waals surface area contributed by atoms with Gasteiger partial charge in [0.2, 0.25) is 0 Å². The first-order chi connectivity index (χ1) is 31.5. The zero-order valence-electron chi connectivity index (χ0n) is 40.5. The molecule has 0 radical (unpaired) electrons. The van der Waals surface area contributed by atoms with Gasteiger partial charge in [-0.15, -0.1) is 0 Å². The number of unbranched alkanes of at least 4 members (excludes halogenated alkanes) is 16. The second-order valence-corrected chi connectivity index (χ2v) is 15.9. The van der Waals surface area contributed by atoms with E-state index in [1.54, 1.807) is 0 Å². The van der Waals surface area contributed by atoms with Gasteiger partial charge in [0.1, 0.15) is 13.2 Å². The monoisotopic (exact) mass is 881 g/mol. The Balaban J connectivity index is 4.59. The van der Waals surface area contributed by atoms with Gasteiger partial charge >= 0.3 is 17.9 Å². The highest BCUT2D eigenvalue weighted by Gasteiger charge is 2.19. The van der Waals surface area contributed by atoms with Gasteiger partial charge in [-0.05, 0) is 77.0 Å². The number of hydrogen-bond donors (Lipinski definition) is 0. The van der Waals surface area contributed by atoms with Crippen LogP contribution in [0.15, 0.2) is 146 Å². The van der Waals surface area contributed by atoms with Crippen molar-refractivity contribution in [2.75, 3.05) is 13.2 Å². The molecule has 0 aromatic rings. The topological polar surface area (TPSA) is 78.9 Å². The van der Waals surface area contributed by atoms with Crippen molar-refractivity contribution in [2.24, 2.45) is 0 Å². The Morgan fingerprint density at radius 3 is 1.02 bits per heavy atom. The average Bonchev–Trinajstić information content (AvgIpc) is 3.29. The molecule has 0 fully saturated rings. The van der Waals surface area contributed by atoms with E-state index in [1.807, 2.05) is 79.0 Å². The maximum Gasteiger partial charge on any atom is 0.306 e. The zero-order chi connectivity index (χ0) is 46.5. The Morgan fingerprint density at radius 1 is 0.328 bits per heavy atom. The molecule has 1 unspecified atom stereocenters. The van der Waals surface area contributed by atoms with Crippen LogP contribution in [-0.4, -0.2) is 37.2 Å². The van der Waals surface area contributed by atoms with Crippen molar-refractivity contribution in [3.05, 3.63) is 146 Å². The second-order valence-electron chi connectivity index (χ2n) is 15.9. The van der Waals surface area contributed by atoms with E-state index >= 15 is 0 Å². The Bertz CT molecular complexity index is 1480. The minimum Gasteiger partial charge on any atom is -0.462 e. The molecule has 0 amide bonds. The Kier molecular flexibility index (Phi) is 47.2. The molecule has 356 valence electrons. The summed E-state index contributed by atoms with van der Waals surface area (Å²) in [5, 5.41) is 0. The van der Waals surface area contributed by atoms with Crippen molar-refractivity contribution in [3.63, 3.8) is 0 Å². The van der Waals surface area contributed by atoms with Gasteiger partial charge in [0, 0.05) is 19.3 Å². The van der Waals surface area contributed by atoms with Gasteiger partial charge in [-0.3, -0.25) is 14.4 Å². The van der Waals surface area contributed by atoms with E-state index in [4.69, 9.17) is 14.2 Å². The standard InChI is InChI=1S/C58H88O6/c1-4-7-10-13-16-19-22-25-27-28-29-31-33-36-39-42-45-48-51-57(60)63-54-55(53-62-56(59)50-47-44-41-38-35-32-24-21-18-15-12-9-6-3)64-58(61)52-49-46-43-40-37-34-30-26-23-20-17-14-11-8-5-2/h8-9,11-12,14-15,17-18,20-32,35,38,41,55H,4-7,10,13,16,19,33-34,36-37,39-40,42-54H2,1-3H3/b11-8-,12-9-,17-14-,18-15-,23-20-,24-21-,25-22-,28-27-,30-26-,31-29-,35-32-,41-38-. The highest BCUT2D eigenvalue weighted by atomic mass is 16.6. The maximum absolute atomic E-state index is 12.8. The van der Waals surface area contributed by atoms with Crippen molar-refractivity contribution >= 4 is 17.9 Å². The fourth-order valence-electron chi connectivity index (χ4n) is 6.13. The third-order valence-corrected chi connectivity index (χ3v) is 9.84. The van der Waals surface area contributed by atoms with Crippen LogP contribution in [0, 0.1) is 0 Å². The van der Waals surface area contributed by atoms with Crippen LogP contribution in [0.2, 0.25) is 0 Å². The number of ether oxygens (including phenoxy) is 3. The van der Waals surface area contributed by atoms with Crippen molar-refractivity contribution in [3.8, 4) is 0 Å². The molecular weight excluding hydrogens is 793 g/mol. The predicted molar refractivity (Wildman–Crippen MR) is 274 cm³/mol. The van der Waals surface area contributed by atoms with Crippen molar-refractivity contribution in [1.29, 1.82) is 0 Å². The van der Waals surface area contributed by atoms with Crippen LogP contribution in [0.5, 0.6) is 0 Å². The lowest BCUT2D eigenvalue weighted by Gasteiger charge is -2.18. The van der Waals surface area contributed by atoms with Crippen LogP contribution >= 0.6 is 0 Å². The Labute approximate surface area is 391 Å². The second kappa shape index (κ2) is 50.9. The first-order valence-electron chi connectivity index (χ1n) is 25.0. The lowest BCUT2D eigenvalue weighted by molar-refractivity contribution is -0.167. The lowest BCUT2D eigenvalue weighted by atomic mass is 10.1. The molecule has 0 aliphatic carbocycles. The Hall–Kier alpha value is -4.71. The number of allylic oxidation sites excluding steroid dienone is 24. The molecule has 6 nitrogen and oxygen atoms in total. The predicted octanol–water partition coefficient (Wildman–Crippen LogP) is 16.5. The van der Waals surface area contributed by atoms with Gasteiger partial charge in [0.15, 0.2) is 6.10 Å². The van der Waals surface area contributed by atoms with Crippen LogP contribution in [0.3, 0.4) is 0 Å². The fourth-order valence-corrected chi connectivity index (χ4v) is 6.13. The summed E-state index contributed by atoms with van der Waals surface area (Å²) in [7, 11) is 0. The SMILES string of the molecule is CC\C=C/C=C\C=C/C=C\C=C/CCCC(=O)OCC(COC(=O)CCCCCCC\C=C/C=C\C=C/CCCCCCC)OC(=O)CCCCCCC\C=C/C=C\C=C/C=C\CC. The summed E-state index contributed by atoms with van der Waals surface area (Å²) in [6.07, 6.45) is 72.6. The number of rotatable bonds is 42. The third kappa shape index (κ3) is 48.3. The normalized spacial score (nSPS) is 13.4. The summed E-state index contributed by atoms with van der Waals surface area (Å²) in [5.74, 6) is -1.06. The van der Waals surface area contributed by atoms with Gasteiger partial charge in [-0.1, -0.05) is 231 Å². The van der Waals surface area contributed by atoms with E-state index in [-0.39, 0.29) is 44.0 Å². The van der Waals surface area contributed by atoms with Gasteiger partial charge < -0.3 is 14.2 Å². The summed E-state index contributed by atoms with van der Waals surface area (Å²) < 4.78 is 16.7. The molecule has 0 N–H and O–H groups in total. The van der Waals surface area contributed by atoms with E-state index in [0.29, 0.717) is 12.8 Å². The maximum atomic E-state index is 12.8. The minimum absolute atomic E-state index is 0.128. The molecule has 1 atom stereocenters. The molecule has 0 aromatic carbocycles. The number of hydrogen-bond acceptors (Lipinski definition) is 6. The first-order valence-corrected chi connectivity index (χ1v) is 25.0. The van der Waals surface area contributed by atoms with Gasteiger partial charge in [-0.25, -0.2) is 0 Å². The van der Waals surface area contributed by atoms with Crippen LogP contribution < -0.4 is 0 Å². The molecule has 0 saturated carbocycles. The van der Waals surface area contributed by atoms with E-state index < -0.39 is 6.10 Å². The molecule has 0 saturated heterocycles. The van der Waals surface area contributed by atoms with E-state index in [0.717, 1.165) is 103 Å². The van der Waals surface area contributed by atoms with Gasteiger partial charge in [0.05, 0.1) is 0 Å². The fraction of sp³-hybridized carbons (Fsp3) is 0.534. The number of esters is 3. The largest absolute Gasteiger partial charge is 0.462 e. The molecule has 6 heteroatoms. The quantitative estimate of drug-likeness (QED) is 0.0263. The highest BCUT2D eigenvalue weighted by molar-refractivity contribution is 5.71. The average molecular weight is 881 g/mol. The van der Waals surface area contributed by atoms with Crippen LogP contribution in [0.1, 0.15) is 181 Å². The molecule has 0 aliphatic heterocycles. The molecule has 0 rings (SSSR count). The van der Waals surface area contributed by atoms with Crippen molar-refractivity contribution in [1.82, 2.24) is 0 Å². The summed E-state index contributed by atoms with van der Waals surface area (Å²) >= 11 is 0. The van der Waals surface area contributed by atoms with Gasteiger partial charge in [-0.2, -0.15) is 0 Å². The molecule has 0 heterocycles. The van der Waals surface area contributed by atoms with Crippen molar-refractivity contribution < 1.29 is 28.6 Å². The minimum atomic E-state index is -0.834. The summed E-state index contributed by atoms with van der Waals surface area (Å²) in [4.78, 5) is 37.9. The molecule has 0 aromatic heterocycles. The van der Waals surface area contributed by atoms with E-state index in [1.165, 1.54) is 32.1 Å². The highest BCUT2D eigenvalue weighted by Crippen LogP contribution is 2.12. The molecule has 64 heavy (non-hydrogen) atoms. The smallest absolute Gasteiger partial charge is 0.306 e. The summed E-state index contributed by atoms with van der Waals surface area (Å²) in [6.45, 7) is 6.20. The molecular formula is C58H88O6. The number of carbonyl (C=O) groups excluding carboxylic acids is 3. The van der Waals surface area contributed by atoms with Gasteiger partial charge in [0.25, 0.3) is 0 Å². The number of carbonyl (C=O) groups is 3. The van der Waals surface area contributed by atoms with Crippen LogP contribution in [-0.2, 0) is 28.6 Å². The molecule has 0 spiro atoms. The lowest BCUT2D eigenvalue weighted by Crippen LogP contribution is -2.30. The molecule has 0 aliphatic rings. The van der Waals surface area contributed by atoms with Crippen LogP contribution in [0.4, 0.5) is 0 Å².